The predicted molar refractivity (Wildman–Crippen MR) is 155 cm³/mol. The minimum atomic E-state index is -0.131. The number of hydrogen-bond donors (Lipinski definition) is 0. The van der Waals surface area contributed by atoms with Gasteiger partial charge in [0, 0.05) is 5.92 Å². The largest absolute Gasteiger partial charge is 0.488 e. The first kappa shape index (κ1) is 25.2. The van der Waals surface area contributed by atoms with Gasteiger partial charge in [-0.25, -0.2) is 4.98 Å². The van der Waals surface area contributed by atoms with Gasteiger partial charge < -0.3 is 4.74 Å². The molecule has 0 N–H and O–H groups in total. The highest BCUT2D eigenvalue weighted by molar-refractivity contribution is 14.1. The molecule has 0 radical (unpaired) electrons. The molecule has 1 aliphatic rings. The quantitative estimate of drug-likeness (QED) is 0.161. The number of aromatic nitrogens is 2. The van der Waals surface area contributed by atoms with Gasteiger partial charge >= 0.3 is 0 Å². The lowest BCUT2D eigenvalue weighted by Crippen LogP contribution is -2.25. The zero-order chi connectivity index (χ0) is 25.1. The van der Waals surface area contributed by atoms with Gasteiger partial charge in [0.25, 0.3) is 5.56 Å². The van der Waals surface area contributed by atoms with Gasteiger partial charge in [-0.15, -0.1) is 0 Å². The van der Waals surface area contributed by atoms with Gasteiger partial charge in [0.2, 0.25) is 0 Å². The Kier molecular flexibility index (Phi) is 7.93. The second-order valence-electron chi connectivity index (χ2n) is 8.91. The van der Waals surface area contributed by atoms with Crippen LogP contribution < -0.4 is 10.3 Å². The highest BCUT2D eigenvalue weighted by Gasteiger charge is 2.22. The number of hydrogen-bond acceptors (Lipinski definition) is 4. The van der Waals surface area contributed by atoms with Crippen molar-refractivity contribution in [1.29, 1.82) is 0 Å². The summed E-state index contributed by atoms with van der Waals surface area (Å²) in [4.78, 5) is 18.2. The van der Waals surface area contributed by atoms with E-state index in [1.54, 1.807) is 18.3 Å². The van der Waals surface area contributed by atoms with E-state index in [1.807, 2.05) is 48.5 Å². The van der Waals surface area contributed by atoms with Crippen LogP contribution in [0.25, 0.3) is 10.9 Å². The van der Waals surface area contributed by atoms with Gasteiger partial charge in [-0.1, -0.05) is 60.7 Å². The van der Waals surface area contributed by atoms with E-state index < -0.39 is 0 Å². The number of benzene rings is 3. The fraction of sp³-hybridized carbons (Fsp3) is 0.250. The van der Waals surface area contributed by atoms with Crippen molar-refractivity contribution in [3.8, 4) is 5.75 Å². The Labute approximate surface area is 233 Å². The molecule has 1 aromatic heterocycles. The number of ether oxygens (including phenoxy) is 1. The van der Waals surface area contributed by atoms with E-state index in [1.165, 1.54) is 11.1 Å². The van der Waals surface area contributed by atoms with Gasteiger partial charge in [-0.05, 0) is 89.0 Å². The lowest BCUT2D eigenvalue weighted by atomic mass is 9.88. The Morgan fingerprint density at radius 1 is 1.03 bits per heavy atom. The van der Waals surface area contributed by atoms with Crippen LogP contribution >= 0.6 is 45.8 Å². The maximum atomic E-state index is 13.4. The molecule has 5 nitrogen and oxygen atoms in total. The molecule has 5 rings (SSSR count). The molecule has 0 spiro atoms. The van der Waals surface area contributed by atoms with E-state index in [2.05, 4.69) is 27.7 Å². The van der Waals surface area contributed by atoms with Crippen LogP contribution in [-0.4, -0.2) is 15.9 Å². The first-order valence-electron chi connectivity index (χ1n) is 11.9. The van der Waals surface area contributed by atoms with Crippen LogP contribution in [0.1, 0.15) is 55.0 Å². The summed E-state index contributed by atoms with van der Waals surface area (Å²) in [5.41, 5.74) is 2.40. The second kappa shape index (κ2) is 11.3. The minimum absolute atomic E-state index is 0.131. The molecular formula is C28H24Cl2IN3O2. The van der Waals surface area contributed by atoms with E-state index in [9.17, 15) is 4.79 Å². The molecule has 36 heavy (non-hydrogen) atoms. The first-order valence-corrected chi connectivity index (χ1v) is 13.8. The van der Waals surface area contributed by atoms with Crippen molar-refractivity contribution in [1.82, 2.24) is 9.66 Å². The van der Waals surface area contributed by atoms with Gasteiger partial charge in [0.15, 0.2) is 0 Å². The average molecular weight is 632 g/mol. The van der Waals surface area contributed by atoms with Gasteiger partial charge in [0.05, 0.1) is 30.7 Å². The smallest absolute Gasteiger partial charge is 0.282 e. The zero-order valence-electron chi connectivity index (χ0n) is 19.5. The van der Waals surface area contributed by atoms with Crippen LogP contribution in [0.15, 0.2) is 70.6 Å². The van der Waals surface area contributed by atoms with Crippen molar-refractivity contribution in [3.63, 3.8) is 0 Å². The molecule has 0 aliphatic heterocycles. The summed E-state index contributed by atoms with van der Waals surface area (Å²) < 4.78 is 8.42. The Balaban J connectivity index is 1.41. The third-order valence-electron chi connectivity index (χ3n) is 6.41. The maximum absolute atomic E-state index is 13.4. The number of halogens is 3. The third kappa shape index (κ3) is 5.61. The Morgan fingerprint density at radius 3 is 2.61 bits per heavy atom. The van der Waals surface area contributed by atoms with E-state index in [4.69, 9.17) is 32.9 Å². The van der Waals surface area contributed by atoms with E-state index in [0.717, 1.165) is 57.5 Å². The molecule has 0 unspecified atom stereocenters. The van der Waals surface area contributed by atoms with Crippen LogP contribution in [-0.2, 0) is 6.61 Å². The zero-order valence-corrected chi connectivity index (χ0v) is 23.1. The summed E-state index contributed by atoms with van der Waals surface area (Å²) >= 11 is 14.3. The van der Waals surface area contributed by atoms with Crippen LogP contribution in [0.2, 0.25) is 10.0 Å². The number of fused-ring (bicyclic) bond motifs is 1. The first-order chi connectivity index (χ1) is 17.5. The average Bonchev–Trinajstić information content (AvgIpc) is 2.90. The molecule has 1 aliphatic carbocycles. The molecular weight excluding hydrogens is 608 g/mol. The van der Waals surface area contributed by atoms with Crippen molar-refractivity contribution in [2.24, 2.45) is 5.10 Å². The molecule has 0 bridgehead atoms. The fourth-order valence-corrected chi connectivity index (χ4v) is 5.52. The molecule has 0 atom stereocenters. The van der Waals surface area contributed by atoms with Crippen molar-refractivity contribution in [3.05, 3.63) is 102 Å². The summed E-state index contributed by atoms with van der Waals surface area (Å²) in [7, 11) is 0. The van der Waals surface area contributed by atoms with Gasteiger partial charge in [-0.2, -0.15) is 9.78 Å². The monoisotopic (exact) mass is 631 g/mol. The normalized spacial score (nSPS) is 14.5. The Hall–Kier alpha value is -2.42. The third-order valence-corrected chi connectivity index (χ3v) is 7.99. The maximum Gasteiger partial charge on any atom is 0.282 e. The lowest BCUT2D eigenvalue weighted by Gasteiger charge is -2.22. The topological polar surface area (TPSA) is 56.5 Å². The van der Waals surface area contributed by atoms with Crippen molar-refractivity contribution in [2.45, 2.75) is 44.6 Å². The van der Waals surface area contributed by atoms with Crippen molar-refractivity contribution < 1.29 is 4.74 Å². The van der Waals surface area contributed by atoms with Crippen LogP contribution in [0.3, 0.4) is 0 Å². The fourth-order valence-electron chi connectivity index (χ4n) is 4.51. The standard InChI is InChI=1S/C28H24Cl2IN3O2/c29-22-12-10-19(14-23(22)30)17-36-26-13-11-18(15-24(26)31)16-32-34-27(20-6-2-1-3-7-20)33-25-9-5-4-8-21(25)28(34)35/h4-5,8-16,20H,1-3,6-7,17H2. The molecule has 0 amide bonds. The predicted octanol–water partition coefficient (Wildman–Crippen LogP) is 7.82. The number of para-hydroxylation sites is 1. The molecule has 3 aromatic carbocycles. The Bertz CT molecular complexity index is 1500. The van der Waals surface area contributed by atoms with Gasteiger partial charge in [-0.3, -0.25) is 4.79 Å². The van der Waals surface area contributed by atoms with Crippen LogP contribution in [0.5, 0.6) is 5.75 Å². The number of rotatable bonds is 6. The van der Waals surface area contributed by atoms with E-state index in [-0.39, 0.29) is 11.5 Å². The molecule has 0 saturated heterocycles. The summed E-state index contributed by atoms with van der Waals surface area (Å²) in [5, 5.41) is 6.23. The molecule has 184 valence electrons. The molecule has 1 heterocycles. The molecule has 4 aromatic rings. The highest BCUT2D eigenvalue weighted by atomic mass is 127. The minimum Gasteiger partial charge on any atom is -0.488 e. The summed E-state index contributed by atoms with van der Waals surface area (Å²) in [6.45, 7) is 0.378. The SMILES string of the molecule is O=c1c2ccccc2nc(C2CCCCC2)n1N=Cc1ccc(OCc2ccc(Cl)c(Cl)c2)c(I)c1. The molecule has 1 saturated carbocycles. The van der Waals surface area contributed by atoms with E-state index in [0.29, 0.717) is 22.0 Å². The van der Waals surface area contributed by atoms with Crippen LogP contribution in [0, 0.1) is 3.57 Å². The Morgan fingerprint density at radius 2 is 1.83 bits per heavy atom. The highest BCUT2D eigenvalue weighted by Crippen LogP contribution is 2.32. The number of nitrogens with zero attached hydrogens (tertiary/aromatic N) is 3. The van der Waals surface area contributed by atoms with E-state index >= 15 is 0 Å². The molecule has 1 fully saturated rings. The molecule has 8 heteroatoms. The van der Waals surface area contributed by atoms with Crippen molar-refractivity contribution >= 4 is 62.9 Å². The van der Waals surface area contributed by atoms with Gasteiger partial charge in [0.1, 0.15) is 18.2 Å². The summed E-state index contributed by atoms with van der Waals surface area (Å²) in [6, 6.07) is 18.8. The second-order valence-corrected chi connectivity index (χ2v) is 10.9. The van der Waals surface area contributed by atoms with Crippen molar-refractivity contribution in [2.75, 3.05) is 0 Å². The van der Waals surface area contributed by atoms with Crippen LogP contribution in [0.4, 0.5) is 0 Å². The lowest BCUT2D eigenvalue weighted by molar-refractivity contribution is 0.304. The summed E-state index contributed by atoms with van der Waals surface area (Å²) in [6.07, 6.45) is 7.31. The summed E-state index contributed by atoms with van der Waals surface area (Å²) in [5.74, 6) is 1.75.